The molecule has 5 nitrogen and oxygen atoms in total. The van der Waals surface area contributed by atoms with Gasteiger partial charge in [-0.2, -0.15) is 4.98 Å². The molecule has 3 heterocycles. The monoisotopic (exact) mass is 382 g/mol. The maximum absolute atomic E-state index is 12.1. The second kappa shape index (κ2) is 7.39. The average molecular weight is 383 g/mol. The van der Waals surface area contributed by atoms with Gasteiger partial charge in [-0.3, -0.25) is 4.79 Å². The van der Waals surface area contributed by atoms with Gasteiger partial charge in [0.15, 0.2) is 5.82 Å². The van der Waals surface area contributed by atoms with Crippen LogP contribution in [0.3, 0.4) is 0 Å². The number of nitrogens with zero attached hydrogens (tertiary/aromatic N) is 3. The molecule has 132 valence electrons. The number of carbonyl (C=O) groups is 1. The first-order valence-electron chi connectivity index (χ1n) is 8.38. The van der Waals surface area contributed by atoms with Crippen molar-refractivity contribution in [1.29, 1.82) is 0 Å². The number of thiazole rings is 1. The number of aromatic nitrogens is 3. The van der Waals surface area contributed by atoms with Crippen molar-refractivity contribution in [2.45, 2.75) is 19.8 Å². The van der Waals surface area contributed by atoms with Gasteiger partial charge in [-0.15, -0.1) is 27.8 Å². The summed E-state index contributed by atoms with van der Waals surface area (Å²) in [6, 6.07) is 12.1. The summed E-state index contributed by atoms with van der Waals surface area (Å²) < 4.78 is 1.88. The molecule has 1 N–H and O–H groups in total. The number of rotatable bonds is 6. The van der Waals surface area contributed by atoms with Crippen molar-refractivity contribution in [3.63, 3.8) is 0 Å². The molecule has 7 heteroatoms. The molecule has 0 aliphatic carbocycles. The van der Waals surface area contributed by atoms with Gasteiger partial charge >= 0.3 is 0 Å². The molecule has 0 fully saturated rings. The molecule has 0 unspecified atom stereocenters. The highest BCUT2D eigenvalue weighted by molar-refractivity contribution is 7.15. The number of aryl methyl sites for hydroxylation is 1. The fourth-order valence-corrected chi connectivity index (χ4v) is 4.32. The van der Waals surface area contributed by atoms with Crippen LogP contribution >= 0.6 is 22.7 Å². The molecular weight excluding hydrogens is 364 g/mol. The lowest BCUT2D eigenvalue weighted by Crippen LogP contribution is -2.27. The Morgan fingerprint density at radius 1 is 1.23 bits per heavy atom. The lowest BCUT2D eigenvalue weighted by Gasteiger charge is -2.05. The Hall–Kier alpha value is -2.51. The normalized spacial score (nSPS) is 11.1. The summed E-state index contributed by atoms with van der Waals surface area (Å²) in [5, 5.41) is 11.7. The minimum atomic E-state index is 0.0416. The second-order valence-electron chi connectivity index (χ2n) is 6.10. The third kappa shape index (κ3) is 3.68. The van der Waals surface area contributed by atoms with Crippen LogP contribution in [0.5, 0.6) is 0 Å². The maximum atomic E-state index is 12.1. The number of thiophene rings is 1. The Balaban J connectivity index is 1.36. The first-order valence-corrected chi connectivity index (χ1v) is 10.1. The highest BCUT2D eigenvalue weighted by Crippen LogP contribution is 2.24. The predicted octanol–water partition coefficient (Wildman–Crippen LogP) is 3.73. The fraction of sp³-hybridized carbons (Fsp3) is 0.211. The summed E-state index contributed by atoms with van der Waals surface area (Å²) in [6.45, 7) is 2.62. The van der Waals surface area contributed by atoms with E-state index in [0.717, 1.165) is 33.3 Å². The summed E-state index contributed by atoms with van der Waals surface area (Å²) in [4.78, 5) is 18.7. The van der Waals surface area contributed by atoms with Gasteiger partial charge in [-0.05, 0) is 23.9 Å². The van der Waals surface area contributed by atoms with E-state index >= 15 is 0 Å². The van der Waals surface area contributed by atoms with Crippen molar-refractivity contribution >= 4 is 33.5 Å². The molecule has 0 saturated heterocycles. The van der Waals surface area contributed by atoms with Crippen molar-refractivity contribution in [3.8, 4) is 10.7 Å². The fourth-order valence-electron chi connectivity index (χ4n) is 2.81. The van der Waals surface area contributed by atoms with Crippen molar-refractivity contribution in [2.24, 2.45) is 0 Å². The molecule has 1 amide bonds. The van der Waals surface area contributed by atoms with E-state index in [2.05, 4.69) is 20.8 Å². The van der Waals surface area contributed by atoms with E-state index in [0.29, 0.717) is 13.0 Å². The van der Waals surface area contributed by atoms with Gasteiger partial charge in [0.2, 0.25) is 10.9 Å². The van der Waals surface area contributed by atoms with Gasteiger partial charge in [-0.25, -0.2) is 4.52 Å². The second-order valence-corrected chi connectivity index (χ2v) is 7.88. The van der Waals surface area contributed by atoms with Gasteiger partial charge in [-0.1, -0.05) is 35.9 Å². The number of carbonyl (C=O) groups excluding carboxylic acids is 1. The minimum absolute atomic E-state index is 0.0416. The standard InChI is InChI=1S/C19H18N4OS2/c1-13-4-2-5-14(10-13)11-17(24)20-8-7-15-12-26-19-21-18(22-23(15)19)16-6-3-9-25-16/h2-6,9-10,12H,7-8,11H2,1H3,(H,20,24). The first kappa shape index (κ1) is 16.9. The van der Waals surface area contributed by atoms with Crippen LogP contribution in [0.1, 0.15) is 16.8 Å². The van der Waals surface area contributed by atoms with Crippen LogP contribution in [0.15, 0.2) is 47.2 Å². The molecule has 1 aromatic carbocycles. The Morgan fingerprint density at radius 3 is 2.96 bits per heavy atom. The molecule has 26 heavy (non-hydrogen) atoms. The van der Waals surface area contributed by atoms with Gasteiger partial charge in [0.25, 0.3) is 0 Å². The lowest BCUT2D eigenvalue weighted by molar-refractivity contribution is -0.120. The molecule has 0 saturated carbocycles. The van der Waals surface area contributed by atoms with Gasteiger partial charge in [0.1, 0.15) is 0 Å². The van der Waals surface area contributed by atoms with Crippen molar-refractivity contribution < 1.29 is 4.79 Å². The number of hydrogen-bond acceptors (Lipinski definition) is 5. The SMILES string of the molecule is Cc1cccc(CC(=O)NCCc2csc3nc(-c4cccs4)nn23)c1. The highest BCUT2D eigenvalue weighted by atomic mass is 32.1. The summed E-state index contributed by atoms with van der Waals surface area (Å²) in [7, 11) is 0. The number of benzene rings is 1. The number of nitrogens with one attached hydrogen (secondary N) is 1. The third-order valence-electron chi connectivity index (χ3n) is 4.04. The van der Waals surface area contributed by atoms with Crippen LogP contribution in [0.2, 0.25) is 0 Å². The maximum Gasteiger partial charge on any atom is 0.224 e. The van der Waals surface area contributed by atoms with Gasteiger partial charge < -0.3 is 5.32 Å². The largest absolute Gasteiger partial charge is 0.355 e. The first-order chi connectivity index (χ1) is 12.7. The Morgan fingerprint density at radius 2 is 2.15 bits per heavy atom. The third-order valence-corrected chi connectivity index (χ3v) is 5.77. The van der Waals surface area contributed by atoms with Crippen LogP contribution in [-0.4, -0.2) is 27.0 Å². The van der Waals surface area contributed by atoms with E-state index in [1.165, 1.54) is 5.56 Å². The van der Waals surface area contributed by atoms with E-state index < -0.39 is 0 Å². The summed E-state index contributed by atoms with van der Waals surface area (Å²) >= 11 is 3.21. The van der Waals surface area contributed by atoms with E-state index in [1.807, 2.05) is 53.2 Å². The predicted molar refractivity (Wildman–Crippen MR) is 106 cm³/mol. The molecule has 0 atom stereocenters. The van der Waals surface area contributed by atoms with E-state index in [4.69, 9.17) is 0 Å². The molecule has 3 aromatic heterocycles. The topological polar surface area (TPSA) is 59.3 Å². The van der Waals surface area contributed by atoms with Crippen LogP contribution in [0.4, 0.5) is 0 Å². The Bertz CT molecular complexity index is 1030. The molecule has 4 aromatic rings. The smallest absolute Gasteiger partial charge is 0.224 e. The van der Waals surface area contributed by atoms with Crippen LogP contribution in [0.25, 0.3) is 15.7 Å². The Kier molecular flexibility index (Phi) is 4.81. The molecule has 0 spiro atoms. The zero-order chi connectivity index (χ0) is 17.9. The van der Waals surface area contributed by atoms with Crippen molar-refractivity contribution in [3.05, 3.63) is 64.0 Å². The molecule has 0 aliphatic heterocycles. The molecule has 0 aliphatic rings. The van der Waals surface area contributed by atoms with Gasteiger partial charge in [0, 0.05) is 18.3 Å². The average Bonchev–Trinajstić information content (AvgIpc) is 3.32. The van der Waals surface area contributed by atoms with Crippen molar-refractivity contribution in [1.82, 2.24) is 19.9 Å². The minimum Gasteiger partial charge on any atom is -0.355 e. The van der Waals surface area contributed by atoms with Crippen LogP contribution in [-0.2, 0) is 17.6 Å². The van der Waals surface area contributed by atoms with Gasteiger partial charge in [0.05, 0.1) is 17.0 Å². The van der Waals surface area contributed by atoms with E-state index in [9.17, 15) is 4.79 Å². The Labute approximate surface area is 159 Å². The number of hydrogen-bond donors (Lipinski definition) is 1. The number of amides is 1. The lowest BCUT2D eigenvalue weighted by atomic mass is 10.1. The zero-order valence-electron chi connectivity index (χ0n) is 14.3. The quantitative estimate of drug-likeness (QED) is 0.553. The molecular formula is C19H18N4OS2. The highest BCUT2D eigenvalue weighted by Gasteiger charge is 2.12. The summed E-state index contributed by atoms with van der Waals surface area (Å²) in [5.74, 6) is 0.802. The molecule has 4 rings (SSSR count). The molecule has 0 bridgehead atoms. The van der Waals surface area contributed by atoms with Crippen LogP contribution in [0, 0.1) is 6.92 Å². The summed E-state index contributed by atoms with van der Waals surface area (Å²) in [5.41, 5.74) is 3.28. The van der Waals surface area contributed by atoms with Crippen LogP contribution < -0.4 is 5.32 Å². The van der Waals surface area contributed by atoms with E-state index in [-0.39, 0.29) is 5.91 Å². The number of fused-ring (bicyclic) bond motifs is 1. The molecule has 0 radical (unpaired) electrons. The summed E-state index contributed by atoms with van der Waals surface area (Å²) in [6.07, 6.45) is 1.14. The van der Waals surface area contributed by atoms with E-state index in [1.54, 1.807) is 22.7 Å². The zero-order valence-corrected chi connectivity index (χ0v) is 15.9. The van der Waals surface area contributed by atoms with Crippen molar-refractivity contribution in [2.75, 3.05) is 6.54 Å².